The number of ether oxygens (including phenoxy) is 1. The fourth-order valence-corrected chi connectivity index (χ4v) is 2.51. The lowest BCUT2D eigenvalue weighted by Gasteiger charge is -2.04. The van der Waals surface area contributed by atoms with Gasteiger partial charge in [0.25, 0.3) is 10.0 Å². The van der Waals surface area contributed by atoms with Crippen LogP contribution in [0.15, 0.2) is 34.3 Å². The van der Waals surface area contributed by atoms with E-state index in [1.165, 1.54) is 0 Å². The van der Waals surface area contributed by atoms with Crippen molar-refractivity contribution in [3.05, 3.63) is 29.8 Å². The molecule has 1 aliphatic rings. The lowest BCUT2D eigenvalue weighted by Crippen LogP contribution is -2.20. The number of hydrogen-bond acceptors (Lipinski definition) is 4. The third kappa shape index (κ3) is 3.08. The number of nitrogens with zero attached hydrogens (tertiary/aromatic N) is 1. The van der Waals surface area contributed by atoms with Crippen molar-refractivity contribution in [1.29, 1.82) is 0 Å². The summed E-state index contributed by atoms with van der Waals surface area (Å²) in [5, 5.41) is 3.90. The van der Waals surface area contributed by atoms with E-state index >= 15 is 0 Å². The first kappa shape index (κ1) is 13.0. The van der Waals surface area contributed by atoms with Gasteiger partial charge in [0.1, 0.15) is 0 Å². The number of rotatable bonds is 3. The second-order valence-corrected chi connectivity index (χ2v) is 6.07. The van der Waals surface area contributed by atoms with Gasteiger partial charge >= 0.3 is 0 Å². The highest BCUT2D eigenvalue weighted by Crippen LogP contribution is 2.12. The molecule has 2 rings (SSSR count). The van der Waals surface area contributed by atoms with Crippen LogP contribution in [0.5, 0.6) is 0 Å². The molecule has 1 aromatic rings. The van der Waals surface area contributed by atoms with Gasteiger partial charge in [0, 0.05) is 6.42 Å². The normalized spacial score (nSPS) is 22.3. The zero-order chi connectivity index (χ0) is 13.2. The molecule has 0 aliphatic carbocycles. The molecular weight excluding hydrogens is 252 g/mol. The minimum Gasteiger partial charge on any atom is -0.372 e. The maximum atomic E-state index is 11.9. The Morgan fingerprint density at radius 3 is 2.56 bits per heavy atom. The van der Waals surface area contributed by atoms with E-state index in [-0.39, 0.29) is 11.0 Å². The smallest absolute Gasteiger partial charge is 0.276 e. The minimum absolute atomic E-state index is 0.104. The van der Waals surface area contributed by atoms with Gasteiger partial charge in [-0.15, -0.1) is 0 Å². The van der Waals surface area contributed by atoms with Crippen LogP contribution in [0.1, 0.15) is 18.9 Å². The van der Waals surface area contributed by atoms with Crippen molar-refractivity contribution in [2.24, 2.45) is 5.10 Å². The van der Waals surface area contributed by atoms with E-state index in [2.05, 4.69) is 9.93 Å². The largest absolute Gasteiger partial charge is 0.372 e. The Morgan fingerprint density at radius 1 is 1.33 bits per heavy atom. The third-order valence-corrected chi connectivity index (χ3v) is 3.94. The number of benzene rings is 1. The van der Waals surface area contributed by atoms with E-state index in [1.807, 2.05) is 13.8 Å². The molecule has 98 valence electrons. The van der Waals surface area contributed by atoms with E-state index in [0.29, 0.717) is 13.0 Å². The first-order valence-electron chi connectivity index (χ1n) is 5.73. The Morgan fingerprint density at radius 2 is 2.00 bits per heavy atom. The number of hydrazone groups is 1. The standard InChI is InChI=1S/C12H16N2O3S/c1-9-3-5-12(6-4-9)18(15,16)14-13-11-7-10(2)17-8-11/h3-6,10,14H,7-8H2,1-2H3/b13-11-/t10-/m0/s1. The van der Waals surface area contributed by atoms with Crippen LogP contribution in [0.25, 0.3) is 0 Å². The molecule has 1 N–H and O–H groups in total. The number of aryl methyl sites for hydroxylation is 1. The maximum absolute atomic E-state index is 11.9. The Bertz CT molecular complexity index is 549. The number of sulfonamides is 1. The van der Waals surface area contributed by atoms with Gasteiger partial charge in [-0.1, -0.05) is 17.7 Å². The molecule has 1 aliphatic heterocycles. The van der Waals surface area contributed by atoms with Crippen LogP contribution < -0.4 is 4.83 Å². The number of nitrogens with one attached hydrogen (secondary N) is 1. The van der Waals surface area contributed by atoms with Gasteiger partial charge in [-0.2, -0.15) is 13.5 Å². The lowest BCUT2D eigenvalue weighted by molar-refractivity contribution is 0.130. The molecule has 0 unspecified atom stereocenters. The predicted octanol–water partition coefficient (Wildman–Crippen LogP) is 1.44. The van der Waals surface area contributed by atoms with Gasteiger partial charge in [-0.25, -0.2) is 4.83 Å². The summed E-state index contributed by atoms with van der Waals surface area (Å²) >= 11 is 0. The molecule has 0 bridgehead atoms. The van der Waals surface area contributed by atoms with Crippen molar-refractivity contribution in [2.75, 3.05) is 6.61 Å². The van der Waals surface area contributed by atoms with Crippen molar-refractivity contribution in [3.8, 4) is 0 Å². The van der Waals surface area contributed by atoms with Gasteiger partial charge < -0.3 is 4.74 Å². The van der Waals surface area contributed by atoms with Crippen molar-refractivity contribution in [2.45, 2.75) is 31.3 Å². The van der Waals surface area contributed by atoms with Crippen LogP contribution in [-0.4, -0.2) is 26.8 Å². The molecule has 0 amide bonds. The van der Waals surface area contributed by atoms with Gasteiger partial charge in [0.2, 0.25) is 0 Å². The van der Waals surface area contributed by atoms with Crippen molar-refractivity contribution in [3.63, 3.8) is 0 Å². The summed E-state index contributed by atoms with van der Waals surface area (Å²) in [5.41, 5.74) is 1.73. The van der Waals surface area contributed by atoms with Crippen LogP contribution in [-0.2, 0) is 14.8 Å². The highest BCUT2D eigenvalue weighted by atomic mass is 32.2. The van der Waals surface area contributed by atoms with E-state index in [4.69, 9.17) is 4.74 Å². The molecule has 0 radical (unpaired) electrons. The molecule has 1 heterocycles. The van der Waals surface area contributed by atoms with E-state index in [1.54, 1.807) is 24.3 Å². The summed E-state index contributed by atoms with van der Waals surface area (Å²) in [4.78, 5) is 2.45. The molecule has 0 saturated carbocycles. The topological polar surface area (TPSA) is 67.8 Å². The SMILES string of the molecule is Cc1ccc(S(=O)(=O)N/N=C2\CO[C@@H](C)C2)cc1. The monoisotopic (exact) mass is 268 g/mol. The molecular formula is C12H16N2O3S. The first-order valence-corrected chi connectivity index (χ1v) is 7.21. The summed E-state index contributed by atoms with van der Waals surface area (Å²) in [6.07, 6.45) is 0.767. The van der Waals surface area contributed by atoms with E-state index in [9.17, 15) is 8.42 Å². The summed E-state index contributed by atoms with van der Waals surface area (Å²) in [6, 6.07) is 6.63. The highest BCUT2D eigenvalue weighted by Gasteiger charge is 2.18. The van der Waals surface area contributed by atoms with Gasteiger partial charge in [0.15, 0.2) is 0 Å². The Kier molecular flexibility index (Phi) is 3.68. The molecule has 0 spiro atoms. The molecule has 5 nitrogen and oxygen atoms in total. The molecule has 1 saturated heterocycles. The molecule has 1 fully saturated rings. The predicted molar refractivity (Wildman–Crippen MR) is 69.0 cm³/mol. The van der Waals surface area contributed by atoms with Gasteiger partial charge in [0.05, 0.1) is 23.3 Å². The average molecular weight is 268 g/mol. The van der Waals surface area contributed by atoms with Gasteiger partial charge in [-0.05, 0) is 26.0 Å². The molecule has 1 aromatic carbocycles. The minimum atomic E-state index is -3.58. The fraction of sp³-hybridized carbons (Fsp3) is 0.417. The highest BCUT2D eigenvalue weighted by molar-refractivity contribution is 7.89. The van der Waals surface area contributed by atoms with Crippen molar-refractivity contribution >= 4 is 15.7 Å². The molecule has 18 heavy (non-hydrogen) atoms. The Hall–Kier alpha value is -1.40. The molecule has 6 heteroatoms. The average Bonchev–Trinajstić information content (AvgIpc) is 2.73. The molecule has 0 aromatic heterocycles. The summed E-state index contributed by atoms with van der Waals surface area (Å²) in [7, 11) is -3.58. The Balaban J connectivity index is 2.10. The van der Waals surface area contributed by atoms with Crippen LogP contribution in [0.2, 0.25) is 0 Å². The number of hydrogen-bond donors (Lipinski definition) is 1. The van der Waals surface area contributed by atoms with Crippen LogP contribution in [0.3, 0.4) is 0 Å². The lowest BCUT2D eigenvalue weighted by atomic mass is 10.2. The summed E-state index contributed by atoms with van der Waals surface area (Å²) in [5.74, 6) is 0. The third-order valence-electron chi connectivity index (χ3n) is 2.71. The summed E-state index contributed by atoms with van der Waals surface area (Å²) < 4.78 is 29.1. The van der Waals surface area contributed by atoms with Crippen LogP contribution in [0, 0.1) is 6.92 Å². The fourth-order valence-electron chi connectivity index (χ4n) is 1.66. The first-order chi connectivity index (χ1) is 8.47. The second kappa shape index (κ2) is 5.07. The van der Waals surface area contributed by atoms with E-state index < -0.39 is 10.0 Å². The quantitative estimate of drug-likeness (QED) is 0.843. The van der Waals surface area contributed by atoms with Crippen LogP contribution in [0.4, 0.5) is 0 Å². The van der Waals surface area contributed by atoms with Crippen LogP contribution >= 0.6 is 0 Å². The maximum Gasteiger partial charge on any atom is 0.276 e. The molecule has 1 atom stereocenters. The zero-order valence-electron chi connectivity index (χ0n) is 10.4. The zero-order valence-corrected chi connectivity index (χ0v) is 11.2. The van der Waals surface area contributed by atoms with E-state index in [0.717, 1.165) is 11.3 Å². The van der Waals surface area contributed by atoms with Crippen molar-refractivity contribution < 1.29 is 13.2 Å². The summed E-state index contributed by atoms with van der Waals surface area (Å²) in [6.45, 7) is 4.22. The van der Waals surface area contributed by atoms with Gasteiger partial charge in [-0.3, -0.25) is 0 Å². The Labute approximate surface area is 107 Å². The van der Waals surface area contributed by atoms with Crippen molar-refractivity contribution in [1.82, 2.24) is 4.83 Å². The second-order valence-electron chi connectivity index (χ2n) is 4.41.